The van der Waals surface area contributed by atoms with E-state index in [0.29, 0.717) is 0 Å². The molecule has 1 aliphatic rings. The molecule has 3 heteroatoms. The molecule has 0 heterocycles. The highest BCUT2D eigenvalue weighted by Crippen LogP contribution is 2.31. The van der Waals surface area contributed by atoms with Crippen molar-refractivity contribution in [2.75, 3.05) is 14.2 Å². The minimum Gasteiger partial charge on any atom is -0.397 e. The van der Waals surface area contributed by atoms with E-state index in [2.05, 4.69) is 13.0 Å². The van der Waals surface area contributed by atoms with E-state index in [1.165, 1.54) is 51.4 Å². The van der Waals surface area contributed by atoms with Crippen LogP contribution < -0.4 is 0 Å². The first-order chi connectivity index (χ1) is 8.26. The molecule has 1 saturated carbocycles. The molecule has 17 heavy (non-hydrogen) atoms. The van der Waals surface area contributed by atoms with Crippen molar-refractivity contribution >= 4 is 8.56 Å². The first-order valence-corrected chi connectivity index (χ1v) is 9.32. The molecule has 0 aliphatic heterocycles. The summed E-state index contributed by atoms with van der Waals surface area (Å²) in [5.74, 6) is 0.737. The minimum atomic E-state index is -2.00. The molecular formula is C14H29O2Si. The largest absolute Gasteiger partial charge is 0.397 e. The van der Waals surface area contributed by atoms with Crippen LogP contribution in [0.4, 0.5) is 0 Å². The predicted octanol–water partition coefficient (Wildman–Crippen LogP) is 4.24. The molecule has 0 aromatic carbocycles. The molecule has 0 unspecified atom stereocenters. The summed E-state index contributed by atoms with van der Waals surface area (Å²) in [4.78, 5) is 0. The van der Waals surface area contributed by atoms with Gasteiger partial charge >= 0.3 is 8.56 Å². The van der Waals surface area contributed by atoms with Crippen molar-refractivity contribution in [3.05, 3.63) is 6.04 Å². The van der Waals surface area contributed by atoms with Crippen molar-refractivity contribution in [1.29, 1.82) is 0 Å². The van der Waals surface area contributed by atoms with Crippen LogP contribution in [0.2, 0.25) is 6.04 Å². The highest BCUT2D eigenvalue weighted by atomic mass is 28.4. The van der Waals surface area contributed by atoms with E-state index >= 15 is 0 Å². The van der Waals surface area contributed by atoms with Gasteiger partial charge in [0.05, 0.1) is 0 Å². The molecule has 0 aromatic rings. The van der Waals surface area contributed by atoms with Crippen LogP contribution in [0.25, 0.3) is 0 Å². The van der Waals surface area contributed by atoms with Crippen LogP contribution >= 0.6 is 0 Å². The molecule has 0 saturated heterocycles. The molecule has 0 amide bonds. The molecule has 2 nitrogen and oxygen atoms in total. The molecule has 0 spiro atoms. The van der Waals surface area contributed by atoms with Crippen molar-refractivity contribution in [2.24, 2.45) is 5.92 Å². The first kappa shape index (κ1) is 15.2. The zero-order chi connectivity index (χ0) is 12.6. The molecule has 1 radical (unpaired) electrons. The number of rotatable bonds is 7. The molecule has 0 atom stereocenters. The smallest absolute Gasteiger partial charge is 0.341 e. The van der Waals surface area contributed by atoms with Gasteiger partial charge in [0.2, 0.25) is 0 Å². The van der Waals surface area contributed by atoms with E-state index in [1.807, 2.05) is 14.2 Å². The van der Waals surface area contributed by atoms with Crippen LogP contribution in [0.1, 0.15) is 58.3 Å². The van der Waals surface area contributed by atoms with Gasteiger partial charge in [-0.3, -0.25) is 0 Å². The van der Waals surface area contributed by atoms with Gasteiger partial charge < -0.3 is 8.85 Å². The lowest BCUT2D eigenvalue weighted by Gasteiger charge is -2.30. The second-order valence-electron chi connectivity index (χ2n) is 5.24. The van der Waals surface area contributed by atoms with Crippen molar-refractivity contribution in [3.63, 3.8) is 0 Å². The zero-order valence-corrected chi connectivity index (χ0v) is 12.8. The third-order valence-electron chi connectivity index (χ3n) is 3.96. The van der Waals surface area contributed by atoms with Crippen molar-refractivity contribution in [2.45, 2.75) is 64.3 Å². The van der Waals surface area contributed by atoms with E-state index in [4.69, 9.17) is 8.85 Å². The van der Waals surface area contributed by atoms with Gasteiger partial charge in [0.25, 0.3) is 0 Å². The second-order valence-corrected chi connectivity index (χ2v) is 8.52. The van der Waals surface area contributed by atoms with Crippen molar-refractivity contribution in [3.8, 4) is 0 Å². The molecule has 0 aromatic heterocycles. The average molecular weight is 257 g/mol. The fourth-order valence-corrected chi connectivity index (χ4v) is 5.68. The number of hydrogen-bond donors (Lipinski definition) is 0. The normalized spacial score (nSPS) is 19.2. The number of hydrogen-bond acceptors (Lipinski definition) is 2. The van der Waals surface area contributed by atoms with E-state index < -0.39 is 8.56 Å². The Balaban J connectivity index is 2.50. The minimum absolute atomic E-state index is 0.737. The maximum atomic E-state index is 5.79. The molecular weight excluding hydrogens is 228 g/mol. The topological polar surface area (TPSA) is 18.5 Å². The monoisotopic (exact) mass is 257 g/mol. The summed E-state index contributed by atoms with van der Waals surface area (Å²) >= 11 is 0. The van der Waals surface area contributed by atoms with Gasteiger partial charge in [0.15, 0.2) is 0 Å². The summed E-state index contributed by atoms with van der Waals surface area (Å²) in [5, 5.41) is 0. The fraction of sp³-hybridized carbons (Fsp3) is 0.929. The lowest BCUT2D eigenvalue weighted by atomic mass is 10.0. The van der Waals surface area contributed by atoms with Crippen LogP contribution in [0.5, 0.6) is 0 Å². The van der Waals surface area contributed by atoms with Crippen LogP contribution in [-0.4, -0.2) is 22.8 Å². The van der Waals surface area contributed by atoms with Crippen molar-refractivity contribution < 1.29 is 8.85 Å². The molecule has 1 rings (SSSR count). The molecule has 101 valence electrons. The van der Waals surface area contributed by atoms with E-state index in [0.717, 1.165) is 12.0 Å². The predicted molar refractivity (Wildman–Crippen MR) is 75.0 cm³/mol. The van der Waals surface area contributed by atoms with Crippen LogP contribution in [-0.2, 0) is 8.85 Å². The quantitative estimate of drug-likeness (QED) is 0.502. The van der Waals surface area contributed by atoms with Crippen molar-refractivity contribution in [1.82, 2.24) is 0 Å². The lowest BCUT2D eigenvalue weighted by molar-refractivity contribution is 0.242. The van der Waals surface area contributed by atoms with Gasteiger partial charge in [-0.15, -0.1) is 0 Å². The van der Waals surface area contributed by atoms with Gasteiger partial charge in [0.1, 0.15) is 0 Å². The SMILES string of the molecule is CCCC[Si]([CH]C1CCCCCC1)(OC)OC. The Kier molecular flexibility index (Phi) is 7.40. The Morgan fingerprint density at radius 1 is 1.06 bits per heavy atom. The Labute approximate surface area is 108 Å². The number of unbranched alkanes of at least 4 members (excludes halogenated alkanes) is 1. The Morgan fingerprint density at radius 3 is 2.12 bits per heavy atom. The molecule has 0 N–H and O–H groups in total. The Hall–Kier alpha value is 0.137. The van der Waals surface area contributed by atoms with E-state index in [-0.39, 0.29) is 0 Å². The molecule has 0 bridgehead atoms. The summed E-state index contributed by atoms with van der Waals surface area (Å²) in [6.07, 6.45) is 10.7. The van der Waals surface area contributed by atoms with Gasteiger partial charge in [-0.2, -0.15) is 0 Å². The molecule has 1 fully saturated rings. The van der Waals surface area contributed by atoms with Gasteiger partial charge in [-0.05, 0) is 12.0 Å². The Bertz CT molecular complexity index is 185. The third kappa shape index (κ3) is 5.10. The van der Waals surface area contributed by atoms with Crippen LogP contribution in [0, 0.1) is 12.0 Å². The maximum Gasteiger partial charge on any atom is 0.341 e. The average Bonchev–Trinajstić information content (AvgIpc) is 2.63. The molecule has 1 aliphatic carbocycles. The highest BCUT2D eigenvalue weighted by molar-refractivity contribution is 6.71. The summed E-state index contributed by atoms with van der Waals surface area (Å²) in [6, 6.07) is 3.60. The summed E-state index contributed by atoms with van der Waals surface area (Å²) in [5.41, 5.74) is 0. The highest BCUT2D eigenvalue weighted by Gasteiger charge is 2.37. The summed E-state index contributed by atoms with van der Waals surface area (Å²) in [7, 11) is 1.66. The van der Waals surface area contributed by atoms with Gasteiger partial charge in [-0.1, -0.05) is 58.3 Å². The zero-order valence-electron chi connectivity index (χ0n) is 11.8. The van der Waals surface area contributed by atoms with Crippen LogP contribution in [0.15, 0.2) is 0 Å². The summed E-state index contributed by atoms with van der Waals surface area (Å²) in [6.45, 7) is 2.23. The van der Waals surface area contributed by atoms with E-state index in [9.17, 15) is 0 Å². The van der Waals surface area contributed by atoms with Crippen LogP contribution in [0.3, 0.4) is 0 Å². The van der Waals surface area contributed by atoms with Gasteiger partial charge in [0, 0.05) is 20.3 Å². The summed E-state index contributed by atoms with van der Waals surface area (Å²) < 4.78 is 11.6. The first-order valence-electron chi connectivity index (χ1n) is 7.22. The standard InChI is InChI=1S/C14H29O2Si/c1-4-5-12-17(15-2,16-3)13-14-10-8-6-7-9-11-14/h13-14H,4-12H2,1-3H3. The fourth-order valence-electron chi connectivity index (χ4n) is 2.77. The maximum absolute atomic E-state index is 5.79. The van der Waals surface area contributed by atoms with Gasteiger partial charge in [-0.25, -0.2) is 0 Å². The third-order valence-corrected chi connectivity index (χ3v) is 7.37. The second kappa shape index (κ2) is 8.28. The Morgan fingerprint density at radius 2 is 1.65 bits per heavy atom. The lowest BCUT2D eigenvalue weighted by Crippen LogP contribution is -2.43. The van der Waals surface area contributed by atoms with E-state index in [1.54, 1.807) is 0 Å².